The normalized spacial score (nSPS) is 26.2. The second kappa shape index (κ2) is 12.3. The van der Waals surface area contributed by atoms with E-state index in [1.165, 1.54) is 6.92 Å². The molecule has 0 aromatic carbocycles. The van der Waals surface area contributed by atoms with Crippen molar-refractivity contribution < 1.29 is 34.1 Å². The van der Waals surface area contributed by atoms with Gasteiger partial charge in [-0.05, 0) is 12.8 Å². The third kappa shape index (κ3) is 6.78. The lowest BCUT2D eigenvalue weighted by Crippen LogP contribution is -2.54. The first-order chi connectivity index (χ1) is 13.7. The van der Waals surface area contributed by atoms with E-state index in [9.17, 15) is 29.4 Å². The second-order valence-electron chi connectivity index (χ2n) is 7.01. The molecule has 0 radical (unpaired) electrons. The third-order valence-electron chi connectivity index (χ3n) is 5.15. The number of rotatable bonds is 11. The van der Waals surface area contributed by atoms with Crippen molar-refractivity contribution in [2.45, 2.75) is 38.9 Å². The van der Waals surface area contributed by atoms with Crippen LogP contribution in [0.5, 0.6) is 0 Å². The second-order valence-corrected chi connectivity index (χ2v) is 7.90. The fourth-order valence-corrected chi connectivity index (χ4v) is 3.94. The number of hydrogen-bond donors (Lipinski definition) is 6. The number of carboxylic acid groups (broad SMARTS) is 2. The molecule has 1 fully saturated rings. The Morgan fingerprint density at radius 2 is 1.69 bits per heavy atom. The van der Waals surface area contributed by atoms with Gasteiger partial charge in [-0.15, -0.1) is 0 Å². The molecule has 0 aromatic rings. The van der Waals surface area contributed by atoms with Gasteiger partial charge < -0.3 is 25.6 Å². The fourth-order valence-electron chi connectivity index (χ4n) is 3.71. The van der Waals surface area contributed by atoms with E-state index in [2.05, 4.69) is 35.9 Å². The lowest BCUT2D eigenvalue weighted by molar-refractivity contribution is -0.184. The number of carboxylic acids is 2. The molecule has 0 bridgehead atoms. The van der Waals surface area contributed by atoms with Crippen LogP contribution in [-0.2, 0) is 23.9 Å². The lowest BCUT2D eigenvalue weighted by Gasteiger charge is -2.42. The summed E-state index contributed by atoms with van der Waals surface area (Å²) < 4.78 is 5.84. The summed E-state index contributed by atoms with van der Waals surface area (Å²) in [5.74, 6) is -6.78. The van der Waals surface area contributed by atoms with E-state index in [-0.39, 0.29) is 25.9 Å². The molecule has 1 saturated heterocycles. The summed E-state index contributed by atoms with van der Waals surface area (Å²) in [6, 6.07) is 0. The van der Waals surface area contributed by atoms with Crippen molar-refractivity contribution in [2.75, 3.05) is 24.6 Å². The molecule has 1 aliphatic rings. The topological polar surface area (TPSA) is 142 Å². The summed E-state index contributed by atoms with van der Waals surface area (Å²) in [4.78, 5) is 48.7. The summed E-state index contributed by atoms with van der Waals surface area (Å²) >= 11 is 8.04. The SMILES string of the molecule is CCC1OC(C(C(=O)O)C(C)C(=O)NCCS)CC(C(=O)NCCS)C1C(=O)O. The number of hydrogen-bond acceptors (Lipinski definition) is 7. The largest absolute Gasteiger partial charge is 0.481 e. The summed E-state index contributed by atoms with van der Waals surface area (Å²) in [5.41, 5.74) is 0. The Morgan fingerprint density at radius 3 is 2.17 bits per heavy atom. The molecule has 6 unspecified atom stereocenters. The van der Waals surface area contributed by atoms with Crippen LogP contribution in [-0.4, -0.2) is 70.8 Å². The number of amides is 2. The minimum Gasteiger partial charge on any atom is -0.481 e. The predicted octanol–water partition coefficient (Wildman–Crippen LogP) is 0.300. The highest BCUT2D eigenvalue weighted by molar-refractivity contribution is 7.80. The van der Waals surface area contributed by atoms with Crippen molar-refractivity contribution in [1.82, 2.24) is 10.6 Å². The van der Waals surface area contributed by atoms with Crippen LogP contribution in [0.2, 0.25) is 0 Å². The van der Waals surface area contributed by atoms with Crippen molar-refractivity contribution >= 4 is 49.0 Å². The van der Waals surface area contributed by atoms with E-state index >= 15 is 0 Å². The Balaban J connectivity index is 3.17. The highest BCUT2D eigenvalue weighted by Gasteiger charge is 2.50. The van der Waals surface area contributed by atoms with Gasteiger partial charge in [0.2, 0.25) is 11.8 Å². The van der Waals surface area contributed by atoms with Crippen LogP contribution in [0.15, 0.2) is 0 Å². The lowest BCUT2D eigenvalue weighted by atomic mass is 9.74. The Hall–Kier alpha value is -1.46. The van der Waals surface area contributed by atoms with Gasteiger partial charge in [0.25, 0.3) is 0 Å². The Kier molecular flexibility index (Phi) is 10.8. The van der Waals surface area contributed by atoms with Gasteiger partial charge in [0.1, 0.15) is 0 Å². The first-order valence-corrected chi connectivity index (χ1v) is 10.8. The molecule has 29 heavy (non-hydrogen) atoms. The summed E-state index contributed by atoms with van der Waals surface area (Å²) in [6.07, 6.45) is -1.63. The number of nitrogens with one attached hydrogen (secondary N) is 2. The van der Waals surface area contributed by atoms with Gasteiger partial charge in [0.05, 0.1) is 35.9 Å². The molecule has 9 nitrogen and oxygen atoms in total. The molecule has 0 saturated carbocycles. The molecule has 0 aliphatic carbocycles. The van der Waals surface area contributed by atoms with Crippen molar-refractivity contribution in [1.29, 1.82) is 0 Å². The molecule has 0 aromatic heterocycles. The minimum atomic E-state index is -1.23. The van der Waals surface area contributed by atoms with Crippen LogP contribution in [0.3, 0.4) is 0 Å². The van der Waals surface area contributed by atoms with Crippen LogP contribution in [0.25, 0.3) is 0 Å². The van der Waals surface area contributed by atoms with Gasteiger partial charge in [-0.3, -0.25) is 19.2 Å². The first-order valence-electron chi connectivity index (χ1n) is 9.57. The predicted molar refractivity (Wildman–Crippen MR) is 112 cm³/mol. The van der Waals surface area contributed by atoms with Gasteiger partial charge in [-0.25, -0.2) is 0 Å². The highest BCUT2D eigenvalue weighted by atomic mass is 32.1. The maximum atomic E-state index is 12.6. The molecule has 1 rings (SSSR count). The van der Waals surface area contributed by atoms with Crippen molar-refractivity contribution in [3.8, 4) is 0 Å². The van der Waals surface area contributed by atoms with Crippen molar-refractivity contribution in [3.05, 3.63) is 0 Å². The molecule has 166 valence electrons. The summed E-state index contributed by atoms with van der Waals surface area (Å²) in [5, 5.41) is 24.7. The van der Waals surface area contributed by atoms with E-state index in [0.29, 0.717) is 11.5 Å². The maximum Gasteiger partial charge on any atom is 0.309 e. The van der Waals surface area contributed by atoms with E-state index in [1.54, 1.807) is 6.92 Å². The molecule has 6 atom stereocenters. The smallest absolute Gasteiger partial charge is 0.309 e. The van der Waals surface area contributed by atoms with Gasteiger partial charge in [0, 0.05) is 24.6 Å². The highest BCUT2D eigenvalue weighted by Crippen LogP contribution is 2.38. The van der Waals surface area contributed by atoms with Gasteiger partial charge in [0.15, 0.2) is 0 Å². The average molecular weight is 451 g/mol. The van der Waals surface area contributed by atoms with Crippen LogP contribution < -0.4 is 10.6 Å². The fraction of sp³-hybridized carbons (Fsp3) is 0.778. The number of carbonyl (C=O) groups is 4. The van der Waals surface area contributed by atoms with E-state index in [4.69, 9.17) is 4.74 Å². The summed E-state index contributed by atoms with van der Waals surface area (Å²) in [6.45, 7) is 3.75. The molecule has 11 heteroatoms. The van der Waals surface area contributed by atoms with E-state index in [0.717, 1.165) is 0 Å². The van der Waals surface area contributed by atoms with Gasteiger partial charge in [-0.1, -0.05) is 13.8 Å². The number of thiol groups is 2. The van der Waals surface area contributed by atoms with Crippen LogP contribution in [0.1, 0.15) is 26.7 Å². The van der Waals surface area contributed by atoms with Crippen LogP contribution >= 0.6 is 25.3 Å². The van der Waals surface area contributed by atoms with Gasteiger partial charge in [-0.2, -0.15) is 25.3 Å². The zero-order valence-corrected chi connectivity index (χ0v) is 18.3. The Morgan fingerprint density at radius 1 is 1.10 bits per heavy atom. The molecular weight excluding hydrogens is 420 g/mol. The Labute approximate surface area is 181 Å². The number of aliphatic carboxylic acids is 2. The zero-order chi connectivity index (χ0) is 22.1. The van der Waals surface area contributed by atoms with Crippen molar-refractivity contribution in [2.24, 2.45) is 23.7 Å². The maximum absolute atomic E-state index is 12.6. The standard InChI is InChI=1S/C18H30N2O7S2/c1-3-11-14(18(25)26)10(16(22)20-5-7-29)8-12(27-11)13(17(23)24)9(2)15(21)19-4-6-28/h9-14,28-29H,3-8H2,1-2H3,(H,19,21)(H,20,22)(H,23,24)(H,25,26). The third-order valence-corrected chi connectivity index (χ3v) is 5.60. The Bertz CT molecular complexity index is 605. The molecule has 0 spiro atoms. The number of ether oxygens (including phenoxy) is 1. The van der Waals surface area contributed by atoms with Crippen LogP contribution in [0, 0.1) is 23.7 Å². The zero-order valence-electron chi connectivity index (χ0n) is 16.5. The number of carbonyl (C=O) groups excluding carboxylic acids is 2. The molecular formula is C18H30N2O7S2. The van der Waals surface area contributed by atoms with E-state index in [1.807, 2.05) is 0 Å². The first kappa shape index (κ1) is 25.6. The van der Waals surface area contributed by atoms with Crippen molar-refractivity contribution in [3.63, 3.8) is 0 Å². The quantitative estimate of drug-likeness (QED) is 0.249. The van der Waals surface area contributed by atoms with E-state index < -0.39 is 59.6 Å². The summed E-state index contributed by atoms with van der Waals surface area (Å²) in [7, 11) is 0. The molecule has 1 aliphatic heterocycles. The van der Waals surface area contributed by atoms with Crippen LogP contribution in [0.4, 0.5) is 0 Å². The average Bonchev–Trinajstić information content (AvgIpc) is 2.68. The molecule has 1 heterocycles. The molecule has 4 N–H and O–H groups in total. The minimum absolute atomic E-state index is 0.104. The van der Waals surface area contributed by atoms with Gasteiger partial charge >= 0.3 is 11.9 Å². The monoisotopic (exact) mass is 450 g/mol. The molecule has 2 amide bonds.